The lowest BCUT2D eigenvalue weighted by atomic mass is 10.1. The molecule has 0 radical (unpaired) electrons. The predicted molar refractivity (Wildman–Crippen MR) is 107 cm³/mol. The second-order valence-corrected chi connectivity index (χ2v) is 5.90. The zero-order valence-electron chi connectivity index (χ0n) is 15.3. The molecule has 0 saturated heterocycles. The molecule has 1 heterocycles. The van der Waals surface area contributed by atoms with Gasteiger partial charge in [0, 0.05) is 6.08 Å². The molecule has 0 spiro atoms. The number of benzene rings is 2. The molecule has 2 amide bonds. The zero-order chi connectivity index (χ0) is 19.8. The SMILES string of the molecule is COc1ccc(C=CC(=O)Nc2ccccc2C(=O)NCc2ccco2)cc1. The fourth-order valence-corrected chi connectivity index (χ4v) is 2.53. The molecule has 3 aromatic rings. The van der Waals surface area contributed by atoms with Gasteiger partial charge in [-0.05, 0) is 48.0 Å². The number of nitrogens with one attached hydrogen (secondary N) is 2. The molecule has 0 aliphatic rings. The lowest BCUT2D eigenvalue weighted by molar-refractivity contribution is -0.111. The van der Waals surface area contributed by atoms with Crippen LogP contribution in [0.1, 0.15) is 21.7 Å². The van der Waals surface area contributed by atoms with Gasteiger partial charge in [-0.25, -0.2) is 0 Å². The van der Waals surface area contributed by atoms with Gasteiger partial charge < -0.3 is 19.8 Å². The molecule has 2 N–H and O–H groups in total. The van der Waals surface area contributed by atoms with Gasteiger partial charge in [-0.2, -0.15) is 0 Å². The number of ether oxygens (including phenoxy) is 1. The van der Waals surface area contributed by atoms with Crippen molar-refractivity contribution in [3.05, 3.63) is 89.9 Å². The summed E-state index contributed by atoms with van der Waals surface area (Å²) in [5.74, 6) is 0.766. The average molecular weight is 376 g/mol. The van der Waals surface area contributed by atoms with E-state index in [9.17, 15) is 9.59 Å². The van der Waals surface area contributed by atoms with Crippen LogP contribution in [-0.4, -0.2) is 18.9 Å². The molecular formula is C22H20N2O4. The summed E-state index contributed by atoms with van der Waals surface area (Å²) in [6, 6.07) is 17.7. The first-order chi connectivity index (χ1) is 13.7. The molecule has 0 fully saturated rings. The van der Waals surface area contributed by atoms with E-state index in [4.69, 9.17) is 9.15 Å². The van der Waals surface area contributed by atoms with Crippen molar-refractivity contribution in [2.45, 2.75) is 6.54 Å². The van der Waals surface area contributed by atoms with E-state index in [1.54, 1.807) is 55.8 Å². The first-order valence-corrected chi connectivity index (χ1v) is 8.68. The summed E-state index contributed by atoms with van der Waals surface area (Å²) in [5, 5.41) is 5.51. The third-order valence-electron chi connectivity index (χ3n) is 3.98. The van der Waals surface area contributed by atoms with Crippen molar-refractivity contribution in [3.63, 3.8) is 0 Å². The third kappa shape index (κ3) is 5.11. The van der Waals surface area contributed by atoms with Crippen molar-refractivity contribution >= 4 is 23.6 Å². The largest absolute Gasteiger partial charge is 0.497 e. The van der Waals surface area contributed by atoms with Gasteiger partial charge in [0.25, 0.3) is 5.91 Å². The molecule has 142 valence electrons. The Labute approximate surface area is 162 Å². The Hall–Kier alpha value is -3.80. The van der Waals surface area contributed by atoms with Crippen molar-refractivity contribution < 1.29 is 18.7 Å². The number of carbonyl (C=O) groups is 2. The number of methoxy groups -OCH3 is 1. The molecule has 28 heavy (non-hydrogen) atoms. The Balaban J connectivity index is 1.63. The van der Waals surface area contributed by atoms with Crippen LogP contribution in [0.5, 0.6) is 5.75 Å². The number of hydrogen-bond donors (Lipinski definition) is 2. The topological polar surface area (TPSA) is 80.6 Å². The summed E-state index contributed by atoms with van der Waals surface area (Å²) < 4.78 is 10.3. The van der Waals surface area contributed by atoms with Gasteiger partial charge in [-0.15, -0.1) is 0 Å². The molecular weight excluding hydrogens is 356 g/mol. The normalized spacial score (nSPS) is 10.6. The minimum Gasteiger partial charge on any atom is -0.497 e. The lowest BCUT2D eigenvalue weighted by Gasteiger charge is -2.10. The number of rotatable bonds is 7. The van der Waals surface area contributed by atoms with E-state index in [0.29, 0.717) is 17.0 Å². The van der Waals surface area contributed by atoms with Crippen LogP contribution >= 0.6 is 0 Å². The molecule has 6 nitrogen and oxygen atoms in total. The van der Waals surface area contributed by atoms with Gasteiger partial charge in [0.05, 0.1) is 31.2 Å². The molecule has 3 rings (SSSR count). The van der Waals surface area contributed by atoms with E-state index in [1.807, 2.05) is 24.3 Å². The molecule has 0 aliphatic carbocycles. The number of anilines is 1. The standard InChI is InChI=1S/C22H20N2O4/c1-27-17-11-8-16(9-12-17)10-13-21(25)24-20-7-3-2-6-19(20)22(26)23-15-18-5-4-14-28-18/h2-14H,15H2,1H3,(H,23,26)(H,24,25). The van der Waals surface area contributed by atoms with Crippen LogP contribution in [0.3, 0.4) is 0 Å². The Morgan fingerprint density at radius 3 is 2.54 bits per heavy atom. The van der Waals surface area contributed by atoms with Crippen LogP contribution in [-0.2, 0) is 11.3 Å². The van der Waals surface area contributed by atoms with Crippen molar-refractivity contribution in [3.8, 4) is 5.75 Å². The molecule has 2 aromatic carbocycles. The van der Waals surface area contributed by atoms with Crippen LogP contribution in [0.25, 0.3) is 6.08 Å². The molecule has 0 aliphatic heterocycles. The maximum absolute atomic E-state index is 12.4. The summed E-state index contributed by atoms with van der Waals surface area (Å²) in [7, 11) is 1.60. The molecule has 6 heteroatoms. The minimum atomic E-state index is -0.331. The Morgan fingerprint density at radius 2 is 1.82 bits per heavy atom. The van der Waals surface area contributed by atoms with Crippen molar-refractivity contribution in [2.24, 2.45) is 0 Å². The maximum atomic E-state index is 12.4. The first-order valence-electron chi connectivity index (χ1n) is 8.68. The monoisotopic (exact) mass is 376 g/mol. The fraction of sp³-hybridized carbons (Fsp3) is 0.0909. The summed E-state index contributed by atoms with van der Waals surface area (Å²) in [5.41, 5.74) is 1.67. The predicted octanol–water partition coefficient (Wildman–Crippen LogP) is 3.87. The average Bonchev–Trinajstić information content (AvgIpc) is 3.25. The maximum Gasteiger partial charge on any atom is 0.253 e. The van der Waals surface area contributed by atoms with Crippen LogP contribution in [0.15, 0.2) is 77.4 Å². The van der Waals surface area contributed by atoms with E-state index < -0.39 is 0 Å². The Kier molecular flexibility index (Phi) is 6.25. The molecule has 0 saturated carbocycles. The summed E-state index contributed by atoms with van der Waals surface area (Å²) >= 11 is 0. The highest BCUT2D eigenvalue weighted by Crippen LogP contribution is 2.16. The molecule has 0 unspecified atom stereocenters. The smallest absolute Gasteiger partial charge is 0.253 e. The first kappa shape index (κ1) is 19.0. The van der Waals surface area contributed by atoms with Crippen molar-refractivity contribution in [1.82, 2.24) is 5.32 Å². The van der Waals surface area contributed by atoms with E-state index in [0.717, 1.165) is 11.3 Å². The van der Waals surface area contributed by atoms with Crippen molar-refractivity contribution in [1.29, 1.82) is 0 Å². The van der Waals surface area contributed by atoms with Gasteiger partial charge in [0.2, 0.25) is 5.91 Å². The number of furan rings is 1. The number of hydrogen-bond acceptors (Lipinski definition) is 4. The molecule has 0 atom stereocenters. The van der Waals surface area contributed by atoms with E-state index >= 15 is 0 Å². The number of amides is 2. The van der Waals surface area contributed by atoms with Gasteiger partial charge in [-0.1, -0.05) is 24.3 Å². The van der Waals surface area contributed by atoms with Crippen LogP contribution in [0, 0.1) is 0 Å². The molecule has 0 bridgehead atoms. The summed E-state index contributed by atoms with van der Waals surface area (Å²) in [6.45, 7) is 0.269. The quantitative estimate of drug-likeness (QED) is 0.614. The van der Waals surface area contributed by atoms with Crippen molar-refractivity contribution in [2.75, 3.05) is 12.4 Å². The van der Waals surface area contributed by atoms with E-state index in [2.05, 4.69) is 10.6 Å². The lowest BCUT2D eigenvalue weighted by Crippen LogP contribution is -2.24. The summed E-state index contributed by atoms with van der Waals surface area (Å²) in [4.78, 5) is 24.7. The van der Waals surface area contributed by atoms with Gasteiger partial charge in [0.15, 0.2) is 0 Å². The van der Waals surface area contributed by atoms with Gasteiger partial charge in [0.1, 0.15) is 11.5 Å². The fourth-order valence-electron chi connectivity index (χ4n) is 2.53. The van der Waals surface area contributed by atoms with E-state index in [-0.39, 0.29) is 18.4 Å². The highest BCUT2D eigenvalue weighted by molar-refractivity contribution is 6.07. The number of carbonyl (C=O) groups excluding carboxylic acids is 2. The minimum absolute atomic E-state index is 0.269. The third-order valence-corrected chi connectivity index (χ3v) is 3.98. The Bertz CT molecular complexity index is 960. The van der Waals surface area contributed by atoms with Gasteiger partial charge >= 0.3 is 0 Å². The van der Waals surface area contributed by atoms with E-state index in [1.165, 1.54) is 6.08 Å². The second-order valence-electron chi connectivity index (χ2n) is 5.90. The van der Waals surface area contributed by atoms with Crippen LogP contribution in [0.2, 0.25) is 0 Å². The highest BCUT2D eigenvalue weighted by Gasteiger charge is 2.12. The molecule has 1 aromatic heterocycles. The highest BCUT2D eigenvalue weighted by atomic mass is 16.5. The van der Waals surface area contributed by atoms with Crippen LogP contribution < -0.4 is 15.4 Å². The summed E-state index contributed by atoms with van der Waals surface area (Å²) in [6.07, 6.45) is 4.65. The van der Waals surface area contributed by atoms with Gasteiger partial charge in [-0.3, -0.25) is 9.59 Å². The Morgan fingerprint density at radius 1 is 1.04 bits per heavy atom. The number of para-hydroxylation sites is 1. The second kappa shape index (κ2) is 9.23. The van der Waals surface area contributed by atoms with Crippen LogP contribution in [0.4, 0.5) is 5.69 Å². The zero-order valence-corrected chi connectivity index (χ0v) is 15.3.